The Kier molecular flexibility index (Phi) is 5.92. The van der Waals surface area contributed by atoms with E-state index in [1.54, 1.807) is 18.0 Å². The van der Waals surface area contributed by atoms with E-state index in [2.05, 4.69) is 5.32 Å². The first-order valence-electron chi connectivity index (χ1n) is 6.13. The summed E-state index contributed by atoms with van der Waals surface area (Å²) in [7, 11) is 3.63. The average Bonchev–Trinajstić information content (AvgIpc) is 2.72. The maximum Gasteiger partial charge on any atom is 0.264 e. The summed E-state index contributed by atoms with van der Waals surface area (Å²) < 4.78 is 14.2. The largest absolute Gasteiger partial charge is 0.340 e. The van der Waals surface area contributed by atoms with Crippen LogP contribution in [0.5, 0.6) is 0 Å². The number of carbonyl (C=O) groups is 1. The second-order valence-electron chi connectivity index (χ2n) is 4.53. The number of aryl methyl sites for hydroxylation is 1. The summed E-state index contributed by atoms with van der Waals surface area (Å²) in [4.78, 5) is 14.7. The van der Waals surface area contributed by atoms with Crippen molar-refractivity contribution in [2.75, 3.05) is 27.2 Å². The summed E-state index contributed by atoms with van der Waals surface area (Å²) in [5, 5.41) is 3.84. The predicted octanol–water partition coefficient (Wildman–Crippen LogP) is 3.06. The van der Waals surface area contributed by atoms with E-state index < -0.39 is 0 Å². The van der Waals surface area contributed by atoms with Gasteiger partial charge in [0.25, 0.3) is 5.91 Å². The molecule has 0 fully saturated rings. The van der Waals surface area contributed by atoms with Gasteiger partial charge in [0.2, 0.25) is 0 Å². The van der Waals surface area contributed by atoms with Crippen molar-refractivity contribution in [3.63, 3.8) is 0 Å². The topological polar surface area (TPSA) is 32.3 Å². The van der Waals surface area contributed by atoms with Gasteiger partial charge in [0, 0.05) is 24.8 Å². The van der Waals surface area contributed by atoms with Crippen LogP contribution in [0.1, 0.15) is 15.2 Å². The van der Waals surface area contributed by atoms with Gasteiger partial charge in [-0.25, -0.2) is 4.39 Å². The lowest BCUT2D eigenvalue weighted by molar-refractivity contribution is 0.0801. The van der Waals surface area contributed by atoms with Crippen LogP contribution in [0.25, 0.3) is 10.1 Å². The van der Waals surface area contributed by atoms with E-state index in [9.17, 15) is 9.18 Å². The molecular weight excluding hydrogens is 299 g/mol. The lowest BCUT2D eigenvalue weighted by Gasteiger charge is -2.16. The number of amides is 1. The molecule has 3 nitrogen and oxygen atoms in total. The van der Waals surface area contributed by atoms with Gasteiger partial charge in [-0.15, -0.1) is 23.7 Å². The minimum absolute atomic E-state index is 0. The molecule has 6 heteroatoms. The molecule has 0 aliphatic rings. The molecule has 110 valence electrons. The molecule has 2 rings (SSSR count). The minimum atomic E-state index is -0.268. The number of fused-ring (bicyclic) bond motifs is 1. The molecule has 0 aliphatic heterocycles. The number of likely N-dealkylation sites (N-methyl/N-ethyl adjacent to an activating group) is 2. The molecule has 1 heterocycles. The summed E-state index contributed by atoms with van der Waals surface area (Å²) >= 11 is 1.42. The molecule has 20 heavy (non-hydrogen) atoms. The summed E-state index contributed by atoms with van der Waals surface area (Å²) in [6.07, 6.45) is 0. The van der Waals surface area contributed by atoms with Crippen LogP contribution < -0.4 is 5.32 Å². The van der Waals surface area contributed by atoms with Gasteiger partial charge in [0.15, 0.2) is 0 Å². The molecule has 0 bridgehead atoms. The highest BCUT2D eigenvalue weighted by atomic mass is 35.5. The Morgan fingerprint density at radius 2 is 2.15 bits per heavy atom. The Bertz CT molecular complexity index is 614. The highest BCUT2D eigenvalue weighted by Gasteiger charge is 2.18. The normalized spacial score (nSPS) is 10.4. The molecule has 0 saturated carbocycles. The summed E-state index contributed by atoms with van der Waals surface area (Å²) in [5.41, 5.74) is 0.862. The van der Waals surface area contributed by atoms with Gasteiger partial charge in [-0.1, -0.05) is 0 Å². The van der Waals surface area contributed by atoms with Crippen molar-refractivity contribution in [3.8, 4) is 0 Å². The maximum absolute atomic E-state index is 13.3. The lowest BCUT2D eigenvalue weighted by atomic mass is 10.1. The lowest BCUT2D eigenvalue weighted by Crippen LogP contribution is -2.32. The van der Waals surface area contributed by atoms with Crippen LogP contribution in [0.3, 0.4) is 0 Å². The van der Waals surface area contributed by atoms with Crippen molar-refractivity contribution in [1.82, 2.24) is 10.2 Å². The third-order valence-electron chi connectivity index (χ3n) is 3.14. The molecule has 1 amide bonds. The van der Waals surface area contributed by atoms with Crippen LogP contribution in [-0.4, -0.2) is 38.0 Å². The van der Waals surface area contributed by atoms with Gasteiger partial charge in [-0.3, -0.25) is 4.79 Å². The molecule has 1 aromatic carbocycles. The molecule has 0 radical (unpaired) electrons. The molecule has 1 N–H and O–H groups in total. The first-order chi connectivity index (χ1) is 9.04. The maximum atomic E-state index is 13.3. The molecule has 1 aromatic heterocycles. The minimum Gasteiger partial charge on any atom is -0.340 e. The standard InChI is InChI=1S/C14H17FN2OS.ClH/c1-9-11-8-10(15)4-5-12(11)19-13(9)14(18)17(3)7-6-16-2;/h4-5,8,16H,6-7H2,1-3H3;1H. The Morgan fingerprint density at radius 1 is 1.45 bits per heavy atom. The van der Waals surface area contributed by atoms with E-state index in [0.29, 0.717) is 11.4 Å². The first-order valence-corrected chi connectivity index (χ1v) is 6.95. The zero-order valence-electron chi connectivity index (χ0n) is 11.7. The molecular formula is C14H18ClFN2OS. The summed E-state index contributed by atoms with van der Waals surface area (Å²) in [6.45, 7) is 3.27. The van der Waals surface area contributed by atoms with Crippen LogP contribution in [0.4, 0.5) is 4.39 Å². The highest BCUT2D eigenvalue weighted by molar-refractivity contribution is 7.21. The van der Waals surface area contributed by atoms with E-state index in [4.69, 9.17) is 0 Å². The van der Waals surface area contributed by atoms with E-state index in [1.807, 2.05) is 14.0 Å². The van der Waals surface area contributed by atoms with Crippen LogP contribution in [-0.2, 0) is 0 Å². The third kappa shape index (κ3) is 3.29. The zero-order chi connectivity index (χ0) is 14.0. The van der Waals surface area contributed by atoms with Crippen LogP contribution in [0.2, 0.25) is 0 Å². The third-order valence-corrected chi connectivity index (χ3v) is 4.40. The SMILES string of the molecule is CNCCN(C)C(=O)c1sc2ccc(F)cc2c1C.Cl. The predicted molar refractivity (Wildman–Crippen MR) is 84.7 cm³/mol. The van der Waals surface area contributed by atoms with Gasteiger partial charge in [0.05, 0.1) is 4.88 Å². The van der Waals surface area contributed by atoms with Gasteiger partial charge in [-0.2, -0.15) is 0 Å². The number of nitrogens with zero attached hydrogens (tertiary/aromatic N) is 1. The molecule has 0 unspecified atom stereocenters. The molecule has 0 saturated heterocycles. The fraction of sp³-hybridized carbons (Fsp3) is 0.357. The number of halogens is 2. The fourth-order valence-electron chi connectivity index (χ4n) is 1.95. The molecule has 0 spiro atoms. The van der Waals surface area contributed by atoms with Crippen LogP contribution >= 0.6 is 23.7 Å². The second kappa shape index (κ2) is 7.02. The molecule has 0 aliphatic carbocycles. The van der Waals surface area contributed by atoms with E-state index in [-0.39, 0.29) is 24.1 Å². The number of nitrogens with one attached hydrogen (secondary N) is 1. The Hall–Kier alpha value is -1.17. The van der Waals surface area contributed by atoms with Gasteiger partial charge >= 0.3 is 0 Å². The van der Waals surface area contributed by atoms with Crippen LogP contribution in [0.15, 0.2) is 18.2 Å². The number of thiophene rings is 1. The van der Waals surface area contributed by atoms with Crippen molar-refractivity contribution in [1.29, 1.82) is 0 Å². The van der Waals surface area contributed by atoms with Gasteiger partial charge in [-0.05, 0) is 43.1 Å². The average molecular weight is 317 g/mol. The first kappa shape index (κ1) is 16.9. The number of carbonyl (C=O) groups excluding carboxylic acids is 1. The number of rotatable bonds is 4. The zero-order valence-corrected chi connectivity index (χ0v) is 13.3. The van der Waals surface area contributed by atoms with E-state index in [0.717, 1.165) is 22.2 Å². The van der Waals surface area contributed by atoms with E-state index >= 15 is 0 Å². The van der Waals surface area contributed by atoms with Crippen molar-refractivity contribution in [3.05, 3.63) is 34.5 Å². The van der Waals surface area contributed by atoms with Crippen LogP contribution in [0, 0.1) is 12.7 Å². The van der Waals surface area contributed by atoms with Crippen molar-refractivity contribution in [2.24, 2.45) is 0 Å². The second-order valence-corrected chi connectivity index (χ2v) is 5.58. The van der Waals surface area contributed by atoms with Crippen molar-refractivity contribution in [2.45, 2.75) is 6.92 Å². The molecule has 2 aromatic rings. The number of hydrogen-bond acceptors (Lipinski definition) is 3. The Morgan fingerprint density at radius 3 is 2.80 bits per heavy atom. The summed E-state index contributed by atoms with van der Waals surface area (Å²) in [5.74, 6) is -0.273. The van der Waals surface area contributed by atoms with Gasteiger partial charge in [0.1, 0.15) is 5.82 Å². The quantitative estimate of drug-likeness (QED) is 0.940. The van der Waals surface area contributed by atoms with E-state index in [1.165, 1.54) is 23.5 Å². The number of hydrogen-bond donors (Lipinski definition) is 1. The van der Waals surface area contributed by atoms with Crippen molar-refractivity contribution < 1.29 is 9.18 Å². The molecule has 0 atom stereocenters. The smallest absolute Gasteiger partial charge is 0.264 e. The highest BCUT2D eigenvalue weighted by Crippen LogP contribution is 2.31. The summed E-state index contributed by atoms with van der Waals surface area (Å²) in [6, 6.07) is 4.65. The Labute approximate surface area is 128 Å². The van der Waals surface area contributed by atoms with Gasteiger partial charge < -0.3 is 10.2 Å². The Balaban J connectivity index is 0.00000200. The van der Waals surface area contributed by atoms with Crippen molar-refractivity contribution >= 4 is 39.7 Å². The monoisotopic (exact) mass is 316 g/mol. The fourth-order valence-corrected chi connectivity index (χ4v) is 3.14. The number of benzene rings is 1.